The second kappa shape index (κ2) is 10.1. The molecule has 3 unspecified atom stereocenters. The van der Waals surface area contributed by atoms with Crippen LogP contribution in [0.5, 0.6) is 0 Å². The van der Waals surface area contributed by atoms with E-state index in [1.54, 1.807) is 13.8 Å². The molecule has 1 saturated heterocycles. The Balaban J connectivity index is 2.35. The normalized spacial score (nSPS) is 22.3. The molecule has 6 nitrogen and oxygen atoms in total. The molecule has 34 heavy (non-hydrogen) atoms. The van der Waals surface area contributed by atoms with Gasteiger partial charge in [0.2, 0.25) is 0 Å². The minimum absolute atomic E-state index is 0.00158. The van der Waals surface area contributed by atoms with Gasteiger partial charge in [0.25, 0.3) is 5.91 Å². The molecule has 182 valence electrons. The van der Waals surface area contributed by atoms with Gasteiger partial charge in [-0.3, -0.25) is 9.59 Å². The summed E-state index contributed by atoms with van der Waals surface area (Å²) in [6.45, 7) is 3.58. The van der Waals surface area contributed by atoms with E-state index in [1.807, 2.05) is 0 Å². The number of carbonyl (C=O) groups is 3. The van der Waals surface area contributed by atoms with Gasteiger partial charge < -0.3 is 15.1 Å². The van der Waals surface area contributed by atoms with E-state index < -0.39 is 35.3 Å². The predicted molar refractivity (Wildman–Crippen MR) is 132 cm³/mol. The standard InChI is InChI=1S/C23H20Cl5NO5/c1-10(2)8-23(22(33)34)9-14(21(31)32)19(13-6-12(24)7-17(27)18(13)28)29(23)20(30)11-3-4-15(25)16(26)5-11/h3-7,10,14,19H,8-9H2,1-2H3,(H,31,32)(H,33,34). The van der Waals surface area contributed by atoms with Crippen molar-refractivity contribution in [3.05, 3.63) is 66.6 Å². The maximum Gasteiger partial charge on any atom is 0.329 e. The van der Waals surface area contributed by atoms with Crippen LogP contribution in [0.25, 0.3) is 0 Å². The highest BCUT2D eigenvalue weighted by atomic mass is 35.5. The van der Waals surface area contributed by atoms with Gasteiger partial charge in [0.1, 0.15) is 5.54 Å². The third kappa shape index (κ3) is 4.84. The Morgan fingerprint density at radius 2 is 1.65 bits per heavy atom. The van der Waals surface area contributed by atoms with E-state index >= 15 is 0 Å². The number of benzene rings is 2. The number of halogens is 5. The first-order chi connectivity index (χ1) is 15.8. The number of nitrogens with zero attached hydrogens (tertiary/aromatic N) is 1. The third-order valence-corrected chi connectivity index (χ3v) is 7.64. The smallest absolute Gasteiger partial charge is 0.329 e. The third-order valence-electron chi connectivity index (χ3n) is 5.86. The Morgan fingerprint density at radius 3 is 2.18 bits per heavy atom. The quantitative estimate of drug-likeness (QED) is 0.363. The molecule has 2 N–H and O–H groups in total. The van der Waals surface area contributed by atoms with Crippen molar-refractivity contribution in [1.82, 2.24) is 4.90 Å². The summed E-state index contributed by atoms with van der Waals surface area (Å²) < 4.78 is 0. The van der Waals surface area contributed by atoms with Crippen molar-refractivity contribution in [2.24, 2.45) is 11.8 Å². The molecule has 2 aromatic carbocycles. The molecular weight excluding hydrogens is 548 g/mol. The van der Waals surface area contributed by atoms with Crippen molar-refractivity contribution in [2.45, 2.75) is 38.3 Å². The number of aliphatic carboxylic acids is 2. The van der Waals surface area contributed by atoms with E-state index in [0.29, 0.717) is 0 Å². The van der Waals surface area contributed by atoms with Gasteiger partial charge >= 0.3 is 11.9 Å². The van der Waals surface area contributed by atoms with Gasteiger partial charge in [-0.1, -0.05) is 71.9 Å². The van der Waals surface area contributed by atoms with Crippen LogP contribution in [0.3, 0.4) is 0 Å². The summed E-state index contributed by atoms with van der Waals surface area (Å²) >= 11 is 30.9. The van der Waals surface area contributed by atoms with Gasteiger partial charge in [-0.05, 0) is 54.7 Å². The Kier molecular flexibility index (Phi) is 8.00. The van der Waals surface area contributed by atoms with Crippen molar-refractivity contribution in [2.75, 3.05) is 0 Å². The lowest BCUT2D eigenvalue weighted by Gasteiger charge is -2.39. The van der Waals surface area contributed by atoms with Gasteiger partial charge in [0.15, 0.2) is 0 Å². The van der Waals surface area contributed by atoms with Crippen LogP contribution in [-0.2, 0) is 9.59 Å². The molecule has 1 aliphatic rings. The Bertz CT molecular complexity index is 1170. The van der Waals surface area contributed by atoms with Crippen molar-refractivity contribution in [1.29, 1.82) is 0 Å². The van der Waals surface area contributed by atoms with Crippen LogP contribution in [0.2, 0.25) is 25.1 Å². The molecule has 11 heteroatoms. The molecule has 0 radical (unpaired) electrons. The minimum atomic E-state index is -1.84. The molecule has 1 aliphatic heterocycles. The number of rotatable bonds is 6. The van der Waals surface area contributed by atoms with Gasteiger partial charge in [-0.2, -0.15) is 0 Å². The summed E-state index contributed by atoms with van der Waals surface area (Å²) in [7, 11) is 0. The molecule has 3 rings (SSSR count). The Labute approximate surface area is 221 Å². The highest BCUT2D eigenvalue weighted by molar-refractivity contribution is 6.44. The maximum atomic E-state index is 13.9. The molecule has 1 amide bonds. The van der Waals surface area contributed by atoms with Crippen molar-refractivity contribution in [3.63, 3.8) is 0 Å². The molecule has 0 aromatic heterocycles. The zero-order valence-corrected chi connectivity index (χ0v) is 21.8. The average Bonchev–Trinajstić information content (AvgIpc) is 3.07. The van der Waals surface area contributed by atoms with Crippen molar-refractivity contribution < 1.29 is 24.6 Å². The summed E-state index contributed by atoms with van der Waals surface area (Å²) in [6.07, 6.45) is -0.338. The molecule has 3 atom stereocenters. The van der Waals surface area contributed by atoms with Gasteiger partial charge in [-0.15, -0.1) is 0 Å². The largest absolute Gasteiger partial charge is 0.481 e. The zero-order valence-electron chi connectivity index (χ0n) is 18.0. The first kappa shape index (κ1) is 26.9. The molecule has 1 fully saturated rings. The lowest BCUT2D eigenvalue weighted by atomic mass is 9.83. The number of carboxylic acids is 2. The first-order valence-corrected chi connectivity index (χ1v) is 12.1. The molecule has 0 spiro atoms. The minimum Gasteiger partial charge on any atom is -0.481 e. The summed E-state index contributed by atoms with van der Waals surface area (Å²) in [5.74, 6) is -4.83. The van der Waals surface area contributed by atoms with Crippen LogP contribution in [0, 0.1) is 11.8 Å². The fourth-order valence-electron chi connectivity index (χ4n) is 4.61. The molecule has 0 aliphatic carbocycles. The number of likely N-dealkylation sites (tertiary alicyclic amines) is 1. The van der Waals surface area contributed by atoms with Crippen molar-refractivity contribution in [3.8, 4) is 0 Å². The molecule has 1 heterocycles. The number of carboxylic acid groups (broad SMARTS) is 2. The fourth-order valence-corrected chi connectivity index (χ4v) is 5.64. The Morgan fingerprint density at radius 1 is 1.00 bits per heavy atom. The highest BCUT2D eigenvalue weighted by Gasteiger charge is 2.61. The molecular formula is C23H20Cl5NO5. The predicted octanol–water partition coefficient (Wildman–Crippen LogP) is 7.11. The number of amides is 1. The van der Waals surface area contributed by atoms with Crippen LogP contribution < -0.4 is 0 Å². The SMILES string of the molecule is CC(C)CC1(C(=O)O)CC(C(=O)O)C(c2cc(Cl)cc(Cl)c2Cl)N1C(=O)c1ccc(Cl)c(Cl)c1. The summed E-state index contributed by atoms with van der Waals surface area (Å²) in [6, 6.07) is 5.63. The van der Waals surface area contributed by atoms with Gasteiger partial charge in [0.05, 0.1) is 32.1 Å². The monoisotopic (exact) mass is 565 g/mol. The van der Waals surface area contributed by atoms with Crippen molar-refractivity contribution >= 4 is 75.9 Å². The number of hydrogen-bond donors (Lipinski definition) is 2. The Hall–Kier alpha value is -1.70. The van der Waals surface area contributed by atoms with E-state index in [-0.39, 0.29) is 55.0 Å². The first-order valence-electron chi connectivity index (χ1n) is 10.2. The van der Waals surface area contributed by atoms with Crippen LogP contribution >= 0.6 is 58.0 Å². The summed E-state index contributed by atoms with van der Waals surface area (Å²) in [4.78, 5) is 40.1. The zero-order chi connectivity index (χ0) is 25.5. The topological polar surface area (TPSA) is 94.9 Å². The van der Waals surface area contributed by atoms with Crippen LogP contribution in [0.1, 0.15) is 48.7 Å². The van der Waals surface area contributed by atoms with E-state index in [0.717, 1.165) is 4.90 Å². The second-order valence-electron chi connectivity index (χ2n) is 8.62. The highest BCUT2D eigenvalue weighted by Crippen LogP contribution is 2.53. The lowest BCUT2D eigenvalue weighted by Crippen LogP contribution is -2.54. The summed E-state index contributed by atoms with van der Waals surface area (Å²) in [5, 5.41) is 21.0. The van der Waals surface area contributed by atoms with E-state index in [1.165, 1.54) is 30.3 Å². The van der Waals surface area contributed by atoms with E-state index in [9.17, 15) is 24.6 Å². The van der Waals surface area contributed by atoms with E-state index in [2.05, 4.69) is 0 Å². The lowest BCUT2D eigenvalue weighted by molar-refractivity contribution is -0.150. The van der Waals surface area contributed by atoms with Gasteiger partial charge in [-0.25, -0.2) is 4.79 Å². The fraction of sp³-hybridized carbons (Fsp3) is 0.348. The average molecular weight is 568 g/mol. The maximum absolute atomic E-state index is 13.9. The van der Waals surface area contributed by atoms with Crippen LogP contribution in [0.15, 0.2) is 30.3 Å². The second-order valence-corrected chi connectivity index (χ2v) is 10.7. The number of carbonyl (C=O) groups excluding carboxylic acids is 1. The van der Waals surface area contributed by atoms with Gasteiger partial charge in [0, 0.05) is 10.6 Å². The summed E-state index contributed by atoms with van der Waals surface area (Å²) in [5.41, 5.74) is -1.65. The molecule has 2 aromatic rings. The molecule has 0 bridgehead atoms. The van der Waals surface area contributed by atoms with Crippen LogP contribution in [-0.4, -0.2) is 38.5 Å². The molecule has 0 saturated carbocycles. The van der Waals surface area contributed by atoms with Crippen LogP contribution in [0.4, 0.5) is 0 Å². The van der Waals surface area contributed by atoms with E-state index in [4.69, 9.17) is 58.0 Å². The number of hydrogen-bond acceptors (Lipinski definition) is 3.